The Kier molecular flexibility index (Phi) is 7.64. The molecule has 1 atom stereocenters. The van der Waals surface area contributed by atoms with Crippen molar-refractivity contribution in [3.8, 4) is 11.4 Å². The summed E-state index contributed by atoms with van der Waals surface area (Å²) in [6.45, 7) is 2.69. The molecular formula is C21H29N5O5S. The number of hydrogen-bond acceptors (Lipinski definition) is 8. The molecule has 1 aromatic heterocycles. The van der Waals surface area contributed by atoms with Crippen LogP contribution in [0.15, 0.2) is 30.3 Å². The van der Waals surface area contributed by atoms with Crippen LogP contribution in [0.2, 0.25) is 0 Å². The fourth-order valence-electron chi connectivity index (χ4n) is 3.32. The molecule has 0 aliphatic carbocycles. The summed E-state index contributed by atoms with van der Waals surface area (Å²) in [4.78, 5) is 22.9. The highest BCUT2D eigenvalue weighted by Crippen LogP contribution is 2.22. The third-order valence-electron chi connectivity index (χ3n) is 5.00. The van der Waals surface area contributed by atoms with Crippen LogP contribution >= 0.6 is 0 Å². The molecule has 174 valence electrons. The molecule has 32 heavy (non-hydrogen) atoms. The van der Waals surface area contributed by atoms with E-state index in [4.69, 9.17) is 0 Å². The van der Waals surface area contributed by atoms with Gasteiger partial charge in [-0.2, -0.15) is 0 Å². The Labute approximate surface area is 187 Å². The predicted molar refractivity (Wildman–Crippen MR) is 122 cm³/mol. The van der Waals surface area contributed by atoms with Gasteiger partial charge >= 0.3 is 6.03 Å². The highest BCUT2D eigenvalue weighted by molar-refractivity contribution is 7.89. The second-order valence-electron chi connectivity index (χ2n) is 8.09. The number of carbonyl (C=O) groups excluding carboxylic acids is 1. The van der Waals surface area contributed by atoms with Gasteiger partial charge in [0.2, 0.25) is 0 Å². The third-order valence-corrected chi connectivity index (χ3v) is 5.82. The van der Waals surface area contributed by atoms with Crippen LogP contribution in [0.25, 0.3) is 11.4 Å². The molecule has 1 aromatic carbocycles. The van der Waals surface area contributed by atoms with Crippen molar-refractivity contribution in [3.63, 3.8) is 0 Å². The van der Waals surface area contributed by atoms with E-state index in [1.54, 1.807) is 42.2 Å². The lowest BCUT2D eigenvalue weighted by Crippen LogP contribution is -2.42. The molecule has 11 heteroatoms. The topological polar surface area (TPSA) is 145 Å². The average molecular weight is 464 g/mol. The van der Waals surface area contributed by atoms with Crippen LogP contribution in [0.4, 0.5) is 16.3 Å². The van der Waals surface area contributed by atoms with Crippen molar-refractivity contribution >= 4 is 27.4 Å². The number of aliphatic hydroxyl groups excluding tert-OH is 2. The molecule has 0 bridgehead atoms. The van der Waals surface area contributed by atoms with Crippen molar-refractivity contribution in [3.05, 3.63) is 36.0 Å². The summed E-state index contributed by atoms with van der Waals surface area (Å²) in [6, 6.07) is 8.01. The van der Waals surface area contributed by atoms with Crippen LogP contribution in [0.3, 0.4) is 0 Å². The molecule has 1 aliphatic heterocycles. The minimum Gasteiger partial charge on any atom is -0.394 e. The van der Waals surface area contributed by atoms with Gasteiger partial charge in [-0.15, -0.1) is 0 Å². The van der Waals surface area contributed by atoms with Gasteiger partial charge in [0.15, 0.2) is 15.7 Å². The van der Waals surface area contributed by atoms with E-state index < -0.39 is 9.84 Å². The van der Waals surface area contributed by atoms with Gasteiger partial charge in [-0.3, -0.25) is 0 Å². The van der Waals surface area contributed by atoms with E-state index in [0.29, 0.717) is 54.5 Å². The molecule has 4 N–H and O–H groups in total. The van der Waals surface area contributed by atoms with Gasteiger partial charge < -0.3 is 25.7 Å². The molecule has 10 nitrogen and oxygen atoms in total. The number of sulfone groups is 1. The maximum Gasteiger partial charge on any atom is 0.321 e. The van der Waals surface area contributed by atoms with Gasteiger partial charge in [-0.25, -0.2) is 23.2 Å². The smallest absolute Gasteiger partial charge is 0.321 e. The number of amides is 2. The first-order valence-corrected chi connectivity index (χ1v) is 12.5. The Balaban J connectivity index is 1.78. The molecule has 0 saturated carbocycles. The van der Waals surface area contributed by atoms with Gasteiger partial charge in [0.25, 0.3) is 0 Å². The van der Waals surface area contributed by atoms with E-state index in [0.717, 1.165) is 6.26 Å². The number of nitrogens with zero attached hydrogens (tertiary/aromatic N) is 3. The number of likely N-dealkylation sites (tertiary alicyclic amines) is 1. The van der Waals surface area contributed by atoms with E-state index >= 15 is 0 Å². The first-order chi connectivity index (χ1) is 15.1. The molecule has 2 aromatic rings. The Morgan fingerprint density at radius 2 is 1.88 bits per heavy atom. The van der Waals surface area contributed by atoms with Crippen molar-refractivity contribution in [1.82, 2.24) is 14.9 Å². The lowest BCUT2D eigenvalue weighted by atomic mass is 10.1. The Hall–Kier alpha value is -2.76. The Morgan fingerprint density at radius 3 is 2.47 bits per heavy atom. The molecule has 0 radical (unpaired) electrons. The van der Waals surface area contributed by atoms with Crippen LogP contribution < -0.4 is 10.6 Å². The van der Waals surface area contributed by atoms with E-state index in [-0.39, 0.29) is 30.5 Å². The SMILES string of the molecule is C[C@@H](CO)Nc1cc(CS(C)(=O)=O)nc(-c2ccc(NC(=O)N3CCC(O)CC3)cc2)n1. The minimum absolute atomic E-state index is 0.106. The number of benzene rings is 1. The summed E-state index contributed by atoms with van der Waals surface area (Å²) in [5.74, 6) is 0.519. The molecule has 0 spiro atoms. The van der Waals surface area contributed by atoms with Crippen molar-refractivity contribution < 1.29 is 23.4 Å². The number of nitrogens with one attached hydrogen (secondary N) is 2. The largest absolute Gasteiger partial charge is 0.394 e. The molecule has 1 saturated heterocycles. The second kappa shape index (κ2) is 10.2. The van der Waals surface area contributed by atoms with E-state index in [9.17, 15) is 23.4 Å². The van der Waals surface area contributed by atoms with Crippen LogP contribution in [0.1, 0.15) is 25.5 Å². The molecular weight excluding hydrogens is 434 g/mol. The Morgan fingerprint density at radius 1 is 1.22 bits per heavy atom. The van der Waals surface area contributed by atoms with E-state index in [1.165, 1.54) is 0 Å². The highest BCUT2D eigenvalue weighted by atomic mass is 32.2. The zero-order chi connectivity index (χ0) is 23.3. The number of urea groups is 1. The third kappa shape index (κ3) is 6.87. The molecule has 2 heterocycles. The highest BCUT2D eigenvalue weighted by Gasteiger charge is 2.21. The number of carbonyl (C=O) groups is 1. The second-order valence-corrected chi connectivity index (χ2v) is 10.2. The number of aliphatic hydroxyl groups is 2. The van der Waals surface area contributed by atoms with Crippen LogP contribution in [-0.2, 0) is 15.6 Å². The van der Waals surface area contributed by atoms with Crippen LogP contribution in [0, 0.1) is 0 Å². The molecule has 0 unspecified atom stereocenters. The van der Waals surface area contributed by atoms with Crippen LogP contribution in [-0.4, -0.2) is 77.6 Å². The summed E-state index contributed by atoms with van der Waals surface area (Å²) in [6.07, 6.45) is 1.92. The number of hydrogen-bond donors (Lipinski definition) is 4. The van der Waals surface area contributed by atoms with E-state index in [1.807, 2.05) is 0 Å². The predicted octanol–water partition coefficient (Wildman–Crippen LogP) is 1.47. The number of aromatic nitrogens is 2. The van der Waals surface area contributed by atoms with Gasteiger partial charge in [-0.05, 0) is 44.0 Å². The van der Waals surface area contributed by atoms with Gasteiger partial charge in [0.05, 0.1) is 24.2 Å². The van der Waals surface area contributed by atoms with Crippen LogP contribution in [0.5, 0.6) is 0 Å². The lowest BCUT2D eigenvalue weighted by Gasteiger charge is -2.29. The minimum atomic E-state index is -3.30. The summed E-state index contributed by atoms with van der Waals surface area (Å²) in [5, 5.41) is 24.7. The quantitative estimate of drug-likeness (QED) is 0.483. The summed E-state index contributed by atoms with van der Waals surface area (Å²) in [5.41, 5.74) is 1.60. The first-order valence-electron chi connectivity index (χ1n) is 10.4. The van der Waals surface area contributed by atoms with Crippen molar-refractivity contribution in [1.29, 1.82) is 0 Å². The molecule has 3 rings (SSSR count). The maximum atomic E-state index is 12.4. The fourth-order valence-corrected chi connectivity index (χ4v) is 4.00. The summed E-state index contributed by atoms with van der Waals surface area (Å²) >= 11 is 0. The summed E-state index contributed by atoms with van der Waals surface area (Å²) < 4.78 is 23.5. The number of anilines is 2. The maximum absolute atomic E-state index is 12.4. The molecule has 1 aliphatic rings. The normalized spacial score (nSPS) is 15.9. The molecule has 2 amide bonds. The summed E-state index contributed by atoms with van der Waals surface area (Å²) in [7, 11) is -3.30. The monoisotopic (exact) mass is 463 g/mol. The Bertz CT molecular complexity index is 1040. The van der Waals surface area contributed by atoms with Crippen molar-refractivity contribution in [2.75, 3.05) is 36.6 Å². The van der Waals surface area contributed by atoms with Crippen molar-refractivity contribution in [2.24, 2.45) is 0 Å². The van der Waals surface area contributed by atoms with Gasteiger partial charge in [0, 0.05) is 42.7 Å². The zero-order valence-electron chi connectivity index (χ0n) is 18.2. The first kappa shape index (κ1) is 23.9. The van der Waals surface area contributed by atoms with Gasteiger partial charge in [0.1, 0.15) is 5.82 Å². The average Bonchev–Trinajstić information content (AvgIpc) is 2.73. The standard InChI is InChI=1S/C21H29N5O5S/c1-14(12-27)22-19-11-17(13-32(2,30)31)23-20(25-19)15-3-5-16(6-4-15)24-21(29)26-9-7-18(28)8-10-26/h3-6,11,14,18,27-28H,7-10,12-13H2,1-2H3,(H,24,29)(H,22,23,25)/t14-/m0/s1. The molecule has 1 fully saturated rings. The number of rotatable bonds is 7. The van der Waals surface area contributed by atoms with Gasteiger partial charge in [-0.1, -0.05) is 0 Å². The lowest BCUT2D eigenvalue weighted by molar-refractivity contribution is 0.0972. The number of piperidine rings is 1. The zero-order valence-corrected chi connectivity index (χ0v) is 19.0. The van der Waals surface area contributed by atoms with Crippen molar-refractivity contribution in [2.45, 2.75) is 37.7 Å². The fraction of sp³-hybridized carbons (Fsp3) is 0.476. The van der Waals surface area contributed by atoms with E-state index in [2.05, 4.69) is 20.6 Å².